The van der Waals surface area contributed by atoms with Crippen molar-refractivity contribution in [2.75, 3.05) is 13.7 Å². The Balaban J connectivity index is 1.60. The fourth-order valence-corrected chi connectivity index (χ4v) is 5.18. The minimum atomic E-state index is -0.447. The van der Waals surface area contributed by atoms with Gasteiger partial charge in [0, 0.05) is 32.2 Å². The number of ether oxygens (including phenoxy) is 1. The first-order valence-electron chi connectivity index (χ1n) is 11.4. The summed E-state index contributed by atoms with van der Waals surface area (Å²) in [6, 6.07) is 13.9. The molecule has 6 heteroatoms. The predicted octanol–water partition coefficient (Wildman–Crippen LogP) is 4.55. The molecule has 2 amide bonds. The van der Waals surface area contributed by atoms with E-state index in [9.17, 15) is 14.0 Å². The van der Waals surface area contributed by atoms with Gasteiger partial charge in [-0.3, -0.25) is 9.59 Å². The number of amides is 2. The molecule has 0 unspecified atom stereocenters. The monoisotopic (exact) mass is 438 g/mol. The second-order valence-electron chi connectivity index (χ2n) is 9.10. The molecule has 2 atom stereocenters. The van der Waals surface area contributed by atoms with Gasteiger partial charge in [0.15, 0.2) is 0 Å². The van der Waals surface area contributed by atoms with Crippen LogP contribution in [0, 0.1) is 5.82 Å². The van der Waals surface area contributed by atoms with Gasteiger partial charge in [-0.15, -0.1) is 0 Å². The molecule has 2 aromatic rings. The van der Waals surface area contributed by atoms with Gasteiger partial charge in [0.1, 0.15) is 5.82 Å². The Morgan fingerprint density at radius 1 is 1.09 bits per heavy atom. The molecular formula is C26H31FN2O3. The number of hydrogen-bond donors (Lipinski definition) is 0. The van der Waals surface area contributed by atoms with Crippen molar-refractivity contribution in [3.63, 3.8) is 0 Å². The van der Waals surface area contributed by atoms with E-state index < -0.39 is 5.54 Å². The van der Waals surface area contributed by atoms with Crippen LogP contribution in [0.3, 0.4) is 0 Å². The zero-order valence-electron chi connectivity index (χ0n) is 18.9. The van der Waals surface area contributed by atoms with Gasteiger partial charge < -0.3 is 14.5 Å². The number of carbonyl (C=O) groups excluding carboxylic acids is 2. The second-order valence-corrected chi connectivity index (χ2v) is 9.10. The van der Waals surface area contributed by atoms with E-state index >= 15 is 0 Å². The number of halogens is 1. The van der Waals surface area contributed by atoms with Crippen molar-refractivity contribution < 1.29 is 18.7 Å². The van der Waals surface area contributed by atoms with Gasteiger partial charge >= 0.3 is 0 Å². The summed E-state index contributed by atoms with van der Waals surface area (Å²) in [5.74, 6) is -0.164. The molecule has 5 nitrogen and oxygen atoms in total. The van der Waals surface area contributed by atoms with Crippen LogP contribution in [0.4, 0.5) is 4.39 Å². The summed E-state index contributed by atoms with van der Waals surface area (Å²) in [6.07, 6.45) is 3.86. The van der Waals surface area contributed by atoms with Gasteiger partial charge in [-0.25, -0.2) is 4.39 Å². The van der Waals surface area contributed by atoms with Crippen LogP contribution in [0.1, 0.15) is 60.5 Å². The molecule has 0 spiro atoms. The molecule has 2 saturated heterocycles. The maximum Gasteiger partial charge on any atom is 0.254 e. The number of methoxy groups -OCH3 is 1. The molecule has 2 aromatic carbocycles. The average molecular weight is 439 g/mol. The molecule has 2 aliphatic rings. The first-order chi connectivity index (χ1) is 15.4. The Morgan fingerprint density at radius 2 is 1.78 bits per heavy atom. The summed E-state index contributed by atoms with van der Waals surface area (Å²) >= 11 is 0. The maximum atomic E-state index is 13.4. The zero-order chi connectivity index (χ0) is 22.7. The Bertz CT molecular complexity index is 960. The van der Waals surface area contributed by atoms with E-state index in [1.807, 2.05) is 34.1 Å². The molecule has 0 bridgehead atoms. The summed E-state index contributed by atoms with van der Waals surface area (Å²) in [4.78, 5) is 30.5. The Labute approximate surface area is 189 Å². The van der Waals surface area contributed by atoms with E-state index in [1.165, 1.54) is 12.1 Å². The van der Waals surface area contributed by atoms with Gasteiger partial charge in [-0.1, -0.05) is 30.7 Å². The van der Waals surface area contributed by atoms with Crippen molar-refractivity contribution in [1.29, 1.82) is 0 Å². The van der Waals surface area contributed by atoms with Crippen molar-refractivity contribution in [3.05, 3.63) is 71.0 Å². The third-order valence-corrected chi connectivity index (χ3v) is 7.02. The molecule has 0 aromatic heterocycles. The average Bonchev–Trinajstić information content (AvgIpc) is 3.12. The van der Waals surface area contributed by atoms with Gasteiger partial charge in [-0.05, 0) is 61.6 Å². The lowest BCUT2D eigenvalue weighted by Crippen LogP contribution is -2.58. The standard InChI is InChI=1S/C26H31FN2O3/c1-26-15-16-28(25(31)21-11-7-20(8-12-21)18-32-2)23(26)5-3-4-6-24(30)29(26)17-19-9-13-22(27)14-10-19/h7-14,23H,3-6,15-18H2,1-2H3/t23-,26-/m1/s1. The maximum absolute atomic E-state index is 13.4. The summed E-state index contributed by atoms with van der Waals surface area (Å²) in [6.45, 7) is 3.67. The Hall–Kier alpha value is -2.73. The number of likely N-dealkylation sites (tertiary alicyclic amines) is 2. The van der Waals surface area contributed by atoms with E-state index in [4.69, 9.17) is 4.74 Å². The number of fused-ring (bicyclic) bond motifs is 1. The van der Waals surface area contributed by atoms with Gasteiger partial charge in [0.25, 0.3) is 5.91 Å². The molecule has 0 saturated carbocycles. The van der Waals surface area contributed by atoms with E-state index in [1.54, 1.807) is 19.2 Å². The third kappa shape index (κ3) is 4.42. The molecule has 2 fully saturated rings. The van der Waals surface area contributed by atoms with Crippen molar-refractivity contribution >= 4 is 11.8 Å². The van der Waals surface area contributed by atoms with Crippen LogP contribution >= 0.6 is 0 Å². The van der Waals surface area contributed by atoms with Crippen LogP contribution < -0.4 is 0 Å². The lowest BCUT2D eigenvalue weighted by atomic mass is 9.84. The van der Waals surface area contributed by atoms with Gasteiger partial charge in [-0.2, -0.15) is 0 Å². The molecule has 2 aliphatic heterocycles. The smallest absolute Gasteiger partial charge is 0.254 e. The number of carbonyl (C=O) groups is 2. The fraction of sp³-hybridized carbons (Fsp3) is 0.462. The van der Waals surface area contributed by atoms with Crippen LogP contribution in [0.15, 0.2) is 48.5 Å². The Morgan fingerprint density at radius 3 is 2.47 bits per heavy atom. The largest absolute Gasteiger partial charge is 0.380 e. The van der Waals surface area contributed by atoms with E-state index in [0.29, 0.717) is 31.7 Å². The highest BCUT2D eigenvalue weighted by molar-refractivity contribution is 5.95. The normalized spacial score (nSPS) is 23.6. The molecular weight excluding hydrogens is 407 g/mol. The lowest BCUT2D eigenvalue weighted by Gasteiger charge is -2.45. The zero-order valence-corrected chi connectivity index (χ0v) is 18.9. The van der Waals surface area contributed by atoms with Crippen molar-refractivity contribution in [3.8, 4) is 0 Å². The van der Waals surface area contributed by atoms with Crippen molar-refractivity contribution in [2.45, 2.75) is 63.8 Å². The molecule has 0 aliphatic carbocycles. The van der Waals surface area contributed by atoms with Crippen molar-refractivity contribution in [1.82, 2.24) is 9.80 Å². The third-order valence-electron chi connectivity index (χ3n) is 7.02. The molecule has 4 rings (SSSR count). The molecule has 2 heterocycles. The Kier molecular flexibility index (Phi) is 6.60. The SMILES string of the molecule is COCc1ccc(C(=O)N2CC[C@]3(C)[C@H]2CCCCC(=O)N3Cc2ccc(F)cc2)cc1. The highest BCUT2D eigenvalue weighted by Crippen LogP contribution is 2.40. The van der Waals surface area contributed by atoms with Crippen LogP contribution in [0.5, 0.6) is 0 Å². The van der Waals surface area contributed by atoms with E-state index in [-0.39, 0.29) is 23.7 Å². The van der Waals surface area contributed by atoms with Crippen LogP contribution in [-0.2, 0) is 22.7 Å². The second kappa shape index (κ2) is 9.41. The first kappa shape index (κ1) is 22.5. The molecule has 0 radical (unpaired) electrons. The van der Waals surface area contributed by atoms with E-state index in [0.717, 1.165) is 36.8 Å². The first-order valence-corrected chi connectivity index (χ1v) is 11.4. The summed E-state index contributed by atoms with van der Waals surface area (Å²) in [7, 11) is 1.65. The van der Waals surface area contributed by atoms with Crippen LogP contribution in [0.2, 0.25) is 0 Å². The minimum absolute atomic E-state index is 0.0115. The summed E-state index contributed by atoms with van der Waals surface area (Å²) < 4.78 is 18.5. The minimum Gasteiger partial charge on any atom is -0.380 e. The quantitative estimate of drug-likeness (QED) is 0.688. The van der Waals surface area contributed by atoms with Crippen LogP contribution in [-0.4, -0.2) is 46.8 Å². The predicted molar refractivity (Wildman–Crippen MR) is 120 cm³/mol. The van der Waals surface area contributed by atoms with Gasteiger partial charge in [0.05, 0.1) is 18.2 Å². The van der Waals surface area contributed by atoms with Crippen molar-refractivity contribution in [2.24, 2.45) is 0 Å². The topological polar surface area (TPSA) is 49.9 Å². The number of nitrogens with zero attached hydrogens (tertiary/aromatic N) is 2. The molecule has 0 N–H and O–H groups in total. The summed E-state index contributed by atoms with van der Waals surface area (Å²) in [5, 5.41) is 0. The van der Waals surface area contributed by atoms with E-state index in [2.05, 4.69) is 6.92 Å². The number of benzene rings is 2. The summed E-state index contributed by atoms with van der Waals surface area (Å²) in [5.41, 5.74) is 2.14. The number of rotatable bonds is 5. The highest BCUT2D eigenvalue weighted by Gasteiger charge is 2.51. The van der Waals surface area contributed by atoms with Gasteiger partial charge in [0.2, 0.25) is 5.91 Å². The fourth-order valence-electron chi connectivity index (χ4n) is 5.18. The highest BCUT2D eigenvalue weighted by atomic mass is 19.1. The molecule has 170 valence electrons. The lowest BCUT2D eigenvalue weighted by molar-refractivity contribution is -0.140. The molecule has 32 heavy (non-hydrogen) atoms. The van der Waals surface area contributed by atoms with Crippen LogP contribution in [0.25, 0.3) is 0 Å². The number of hydrogen-bond acceptors (Lipinski definition) is 3.